The van der Waals surface area contributed by atoms with Crippen molar-refractivity contribution < 1.29 is 9.47 Å². The van der Waals surface area contributed by atoms with Gasteiger partial charge in [0.2, 0.25) is 0 Å². The van der Waals surface area contributed by atoms with Gasteiger partial charge < -0.3 is 20.9 Å². The van der Waals surface area contributed by atoms with Crippen LogP contribution in [0.2, 0.25) is 0 Å². The summed E-state index contributed by atoms with van der Waals surface area (Å²) in [5.74, 6) is 3.21. The molecule has 0 aliphatic carbocycles. The number of ether oxygens (including phenoxy) is 2. The number of hydrogen-bond acceptors (Lipinski definition) is 4. The molecule has 0 aromatic heterocycles. The molecule has 0 unspecified atom stereocenters. The molecule has 4 aromatic rings. The van der Waals surface area contributed by atoms with E-state index in [-0.39, 0.29) is 5.41 Å². The summed E-state index contributed by atoms with van der Waals surface area (Å²) >= 11 is 0. The number of nitrogen functional groups attached to an aromatic ring is 2. The molecule has 4 aromatic carbocycles. The maximum absolute atomic E-state index is 6.17. The molecule has 0 aliphatic rings. The third-order valence-corrected chi connectivity index (χ3v) is 5.97. The molecule has 0 amide bonds. The largest absolute Gasteiger partial charge is 0.457 e. The van der Waals surface area contributed by atoms with Gasteiger partial charge in [0.15, 0.2) is 0 Å². The number of aryl methyl sites for hydroxylation is 2. The zero-order valence-electron chi connectivity index (χ0n) is 19.6. The Morgan fingerprint density at radius 2 is 0.939 bits per heavy atom. The lowest BCUT2D eigenvalue weighted by atomic mass is 9.77. The van der Waals surface area contributed by atoms with E-state index in [0.717, 1.165) is 45.5 Å². The van der Waals surface area contributed by atoms with Crippen molar-refractivity contribution >= 4 is 11.4 Å². The Morgan fingerprint density at radius 1 is 0.545 bits per heavy atom. The van der Waals surface area contributed by atoms with Crippen LogP contribution in [-0.2, 0) is 5.41 Å². The van der Waals surface area contributed by atoms with Crippen LogP contribution in [0.3, 0.4) is 0 Å². The first kappa shape index (κ1) is 22.3. The monoisotopic (exact) mass is 438 g/mol. The normalized spacial score (nSPS) is 11.3. The second-order valence-electron chi connectivity index (χ2n) is 8.93. The van der Waals surface area contributed by atoms with Gasteiger partial charge in [-0.1, -0.05) is 38.1 Å². The second-order valence-corrected chi connectivity index (χ2v) is 8.93. The van der Waals surface area contributed by atoms with Gasteiger partial charge in [0.05, 0.1) is 0 Å². The van der Waals surface area contributed by atoms with E-state index in [9.17, 15) is 0 Å². The van der Waals surface area contributed by atoms with Crippen molar-refractivity contribution in [1.82, 2.24) is 0 Å². The minimum atomic E-state index is -0.186. The first-order valence-electron chi connectivity index (χ1n) is 11.0. The maximum atomic E-state index is 6.17. The Balaban J connectivity index is 1.56. The minimum absolute atomic E-state index is 0.186. The molecule has 0 bridgehead atoms. The van der Waals surface area contributed by atoms with Crippen molar-refractivity contribution in [3.63, 3.8) is 0 Å². The molecule has 4 N–H and O–H groups in total. The molecule has 168 valence electrons. The zero-order chi connectivity index (χ0) is 23.6. The topological polar surface area (TPSA) is 70.5 Å². The summed E-state index contributed by atoms with van der Waals surface area (Å²) in [5, 5.41) is 0. The molecule has 0 heterocycles. The molecule has 4 nitrogen and oxygen atoms in total. The minimum Gasteiger partial charge on any atom is -0.457 e. The van der Waals surface area contributed by atoms with Crippen LogP contribution in [0, 0.1) is 13.8 Å². The number of anilines is 2. The van der Waals surface area contributed by atoms with Crippen LogP contribution in [0.5, 0.6) is 23.0 Å². The predicted molar refractivity (Wildman–Crippen MR) is 136 cm³/mol. The fourth-order valence-electron chi connectivity index (χ4n) is 3.90. The van der Waals surface area contributed by atoms with Crippen LogP contribution in [0.1, 0.15) is 36.1 Å². The lowest BCUT2D eigenvalue weighted by molar-refractivity contribution is 0.474. The molecule has 0 fully saturated rings. The molecule has 0 spiro atoms. The van der Waals surface area contributed by atoms with Crippen LogP contribution < -0.4 is 20.9 Å². The van der Waals surface area contributed by atoms with E-state index < -0.39 is 0 Å². The predicted octanol–water partition coefficient (Wildman–Crippen LogP) is 7.38. The van der Waals surface area contributed by atoms with E-state index in [0.29, 0.717) is 0 Å². The van der Waals surface area contributed by atoms with Crippen molar-refractivity contribution in [2.24, 2.45) is 0 Å². The van der Waals surface area contributed by atoms with Crippen molar-refractivity contribution in [3.05, 3.63) is 107 Å². The number of benzene rings is 4. The van der Waals surface area contributed by atoms with Gasteiger partial charge in [0.25, 0.3) is 0 Å². The van der Waals surface area contributed by atoms with E-state index >= 15 is 0 Å². The van der Waals surface area contributed by atoms with Crippen molar-refractivity contribution in [1.29, 1.82) is 0 Å². The summed E-state index contributed by atoms with van der Waals surface area (Å²) in [5.41, 5.74) is 17.4. The van der Waals surface area contributed by atoms with Gasteiger partial charge in [-0.3, -0.25) is 0 Å². The summed E-state index contributed by atoms with van der Waals surface area (Å²) in [6.07, 6.45) is 0. The van der Waals surface area contributed by atoms with Crippen LogP contribution in [-0.4, -0.2) is 0 Å². The maximum Gasteiger partial charge on any atom is 0.133 e. The van der Waals surface area contributed by atoms with Crippen LogP contribution in [0.15, 0.2) is 84.9 Å². The third kappa shape index (κ3) is 4.96. The fraction of sp³-hybridized carbons (Fsp3) is 0.172. The van der Waals surface area contributed by atoms with Gasteiger partial charge >= 0.3 is 0 Å². The SMILES string of the molecule is Cc1cc(C(C)(C)c2ccc(Oc3ccc(N)cc3)cc2)cc(C)c1Oc1ccc(N)cc1. The van der Waals surface area contributed by atoms with Crippen LogP contribution in [0.4, 0.5) is 11.4 Å². The highest BCUT2D eigenvalue weighted by Crippen LogP contribution is 2.38. The first-order valence-corrected chi connectivity index (χ1v) is 11.0. The molecule has 0 atom stereocenters. The smallest absolute Gasteiger partial charge is 0.133 e. The average Bonchev–Trinajstić information content (AvgIpc) is 2.79. The fourth-order valence-corrected chi connectivity index (χ4v) is 3.90. The Kier molecular flexibility index (Phi) is 6.01. The lowest BCUT2D eigenvalue weighted by Crippen LogP contribution is -2.19. The molecule has 0 saturated carbocycles. The Morgan fingerprint density at radius 3 is 1.39 bits per heavy atom. The highest BCUT2D eigenvalue weighted by molar-refractivity contribution is 5.51. The molecule has 0 saturated heterocycles. The van der Waals surface area contributed by atoms with E-state index in [1.54, 1.807) is 0 Å². The summed E-state index contributed by atoms with van der Waals surface area (Å²) in [6, 6.07) is 27.5. The van der Waals surface area contributed by atoms with E-state index in [1.165, 1.54) is 11.1 Å². The number of rotatable bonds is 6. The number of nitrogens with two attached hydrogens (primary N) is 2. The summed E-state index contributed by atoms with van der Waals surface area (Å²) in [6.45, 7) is 8.64. The average molecular weight is 439 g/mol. The summed E-state index contributed by atoms with van der Waals surface area (Å²) in [4.78, 5) is 0. The highest BCUT2D eigenvalue weighted by atomic mass is 16.5. The molecule has 33 heavy (non-hydrogen) atoms. The van der Waals surface area contributed by atoms with Gasteiger partial charge in [-0.05, 0) is 96.8 Å². The van der Waals surface area contributed by atoms with Gasteiger partial charge in [-0.15, -0.1) is 0 Å². The molecular formula is C29H30N2O2. The van der Waals surface area contributed by atoms with Crippen molar-refractivity contribution in [2.45, 2.75) is 33.1 Å². The van der Waals surface area contributed by atoms with Gasteiger partial charge in [0, 0.05) is 16.8 Å². The second kappa shape index (κ2) is 8.91. The summed E-state index contributed by atoms with van der Waals surface area (Å²) in [7, 11) is 0. The van der Waals surface area contributed by atoms with E-state index in [2.05, 4.69) is 52.0 Å². The van der Waals surface area contributed by atoms with Crippen molar-refractivity contribution in [2.75, 3.05) is 11.5 Å². The Labute approximate surface area is 195 Å². The van der Waals surface area contributed by atoms with Gasteiger partial charge in [-0.25, -0.2) is 0 Å². The Hall–Kier alpha value is -3.92. The van der Waals surface area contributed by atoms with E-state index in [4.69, 9.17) is 20.9 Å². The first-order chi connectivity index (χ1) is 15.7. The van der Waals surface area contributed by atoms with E-state index in [1.807, 2.05) is 60.7 Å². The highest BCUT2D eigenvalue weighted by Gasteiger charge is 2.25. The number of hydrogen-bond donors (Lipinski definition) is 2. The van der Waals surface area contributed by atoms with Crippen molar-refractivity contribution in [3.8, 4) is 23.0 Å². The molecule has 4 rings (SSSR count). The third-order valence-electron chi connectivity index (χ3n) is 5.97. The standard InChI is InChI=1S/C29H30N2O2/c1-19-17-22(18-20(2)28(19)33-27-15-9-24(31)10-16-27)29(3,4)21-5-11-25(12-6-21)32-26-13-7-23(30)8-14-26/h5-18H,30-31H2,1-4H3. The lowest BCUT2D eigenvalue weighted by Gasteiger charge is -2.28. The quantitative estimate of drug-likeness (QED) is 0.308. The molecule has 0 radical (unpaired) electrons. The molecule has 4 heteroatoms. The van der Waals surface area contributed by atoms with Gasteiger partial charge in [0.1, 0.15) is 23.0 Å². The van der Waals surface area contributed by atoms with Crippen LogP contribution in [0.25, 0.3) is 0 Å². The molecule has 0 aliphatic heterocycles. The van der Waals surface area contributed by atoms with Crippen LogP contribution >= 0.6 is 0 Å². The zero-order valence-corrected chi connectivity index (χ0v) is 19.6. The summed E-state index contributed by atoms with van der Waals surface area (Å²) < 4.78 is 12.1. The Bertz CT molecular complexity index is 1220. The molecular weight excluding hydrogens is 408 g/mol. The van der Waals surface area contributed by atoms with Gasteiger partial charge in [-0.2, -0.15) is 0 Å².